The number of rotatable bonds is 2. The van der Waals surface area contributed by atoms with Gasteiger partial charge in [0.2, 0.25) is 0 Å². The van der Waals surface area contributed by atoms with Crippen molar-refractivity contribution in [1.82, 2.24) is 5.48 Å². The van der Waals surface area contributed by atoms with Gasteiger partial charge in [-0.25, -0.2) is 0 Å². The molecule has 0 saturated heterocycles. The summed E-state index contributed by atoms with van der Waals surface area (Å²) in [5.41, 5.74) is 4.53. The van der Waals surface area contributed by atoms with E-state index in [1.165, 1.54) is 5.56 Å². The van der Waals surface area contributed by atoms with Crippen LogP contribution in [0.25, 0.3) is 0 Å². The normalized spacial score (nSPS) is 11.5. The highest BCUT2D eigenvalue weighted by Crippen LogP contribution is 2.12. The summed E-state index contributed by atoms with van der Waals surface area (Å²) in [6, 6.07) is 8.07. The zero-order valence-corrected chi connectivity index (χ0v) is 8.83. The van der Waals surface area contributed by atoms with Crippen LogP contribution in [0, 0.1) is 6.92 Å². The van der Waals surface area contributed by atoms with Crippen LogP contribution < -0.4 is 5.48 Å². The molecular formula is C11H19NO. The lowest BCUT2D eigenvalue weighted by Gasteiger charge is -2.09. The third-order valence-electron chi connectivity index (χ3n) is 1.74. The van der Waals surface area contributed by atoms with Crippen LogP contribution in [0.2, 0.25) is 0 Å². The van der Waals surface area contributed by atoms with Crippen molar-refractivity contribution in [2.45, 2.75) is 33.7 Å². The number of benzene rings is 1. The predicted octanol–water partition coefficient (Wildman–Crippen LogP) is 3.06. The van der Waals surface area contributed by atoms with Crippen LogP contribution in [-0.4, -0.2) is 5.21 Å². The zero-order chi connectivity index (χ0) is 10.3. The lowest BCUT2D eigenvalue weighted by molar-refractivity contribution is 0.133. The number of hydrogen-bond donors (Lipinski definition) is 2. The number of hydroxylamine groups is 1. The summed E-state index contributed by atoms with van der Waals surface area (Å²) in [7, 11) is 0. The second kappa shape index (κ2) is 6.63. The molecule has 0 aromatic heterocycles. The molecule has 0 bridgehead atoms. The van der Waals surface area contributed by atoms with Crippen molar-refractivity contribution in [2.24, 2.45) is 0 Å². The Hall–Kier alpha value is -0.860. The molecule has 2 heteroatoms. The SMILES string of the molecule is CC.Cc1cccc(C(C)NO)c1. The van der Waals surface area contributed by atoms with Crippen LogP contribution >= 0.6 is 0 Å². The van der Waals surface area contributed by atoms with Crippen LogP contribution in [-0.2, 0) is 0 Å². The van der Waals surface area contributed by atoms with E-state index in [4.69, 9.17) is 5.21 Å². The van der Waals surface area contributed by atoms with Crippen molar-refractivity contribution in [1.29, 1.82) is 0 Å². The molecule has 0 aliphatic heterocycles. The first kappa shape index (κ1) is 12.1. The fourth-order valence-electron chi connectivity index (χ4n) is 1.01. The Bertz CT molecular complexity index is 235. The Labute approximate surface area is 80.6 Å². The van der Waals surface area contributed by atoms with E-state index in [1.807, 2.05) is 52.0 Å². The standard InChI is InChI=1S/C9H13NO.C2H6/c1-7-4-3-5-9(6-7)8(2)10-11;1-2/h3-6,8,10-11H,1-2H3;1-2H3. The van der Waals surface area contributed by atoms with Gasteiger partial charge in [-0.3, -0.25) is 0 Å². The molecule has 0 fully saturated rings. The van der Waals surface area contributed by atoms with Crippen molar-refractivity contribution < 1.29 is 5.21 Å². The van der Waals surface area contributed by atoms with Crippen LogP contribution in [0.4, 0.5) is 0 Å². The van der Waals surface area contributed by atoms with Crippen LogP contribution in [0.1, 0.15) is 37.9 Å². The first-order chi connectivity index (χ1) is 6.24. The largest absolute Gasteiger partial charge is 0.316 e. The maximum Gasteiger partial charge on any atom is 0.0540 e. The number of hydrogen-bond acceptors (Lipinski definition) is 2. The van der Waals surface area contributed by atoms with Gasteiger partial charge in [-0.2, -0.15) is 5.48 Å². The molecule has 0 saturated carbocycles. The fraction of sp³-hybridized carbons (Fsp3) is 0.455. The van der Waals surface area contributed by atoms with Gasteiger partial charge in [-0.15, -0.1) is 0 Å². The molecule has 2 N–H and O–H groups in total. The summed E-state index contributed by atoms with van der Waals surface area (Å²) < 4.78 is 0. The van der Waals surface area contributed by atoms with E-state index in [2.05, 4.69) is 5.48 Å². The molecule has 0 heterocycles. The van der Waals surface area contributed by atoms with Gasteiger partial charge < -0.3 is 5.21 Å². The summed E-state index contributed by atoms with van der Waals surface area (Å²) in [5, 5.41) is 8.63. The predicted molar refractivity (Wildman–Crippen MR) is 55.9 cm³/mol. The molecule has 2 nitrogen and oxygen atoms in total. The van der Waals surface area contributed by atoms with Gasteiger partial charge in [0, 0.05) is 0 Å². The van der Waals surface area contributed by atoms with E-state index < -0.39 is 0 Å². The zero-order valence-electron chi connectivity index (χ0n) is 8.83. The first-order valence-electron chi connectivity index (χ1n) is 4.70. The Morgan fingerprint density at radius 3 is 2.38 bits per heavy atom. The quantitative estimate of drug-likeness (QED) is 0.687. The summed E-state index contributed by atoms with van der Waals surface area (Å²) in [5.74, 6) is 0. The third-order valence-corrected chi connectivity index (χ3v) is 1.74. The molecule has 1 rings (SSSR count). The molecule has 74 valence electrons. The Balaban J connectivity index is 0.000000671. The van der Waals surface area contributed by atoms with Crippen molar-refractivity contribution >= 4 is 0 Å². The van der Waals surface area contributed by atoms with Crippen molar-refractivity contribution in [3.05, 3.63) is 35.4 Å². The van der Waals surface area contributed by atoms with E-state index in [9.17, 15) is 0 Å². The van der Waals surface area contributed by atoms with Crippen molar-refractivity contribution in [3.63, 3.8) is 0 Å². The third kappa shape index (κ3) is 4.06. The molecule has 0 aliphatic rings. The van der Waals surface area contributed by atoms with Gasteiger partial charge >= 0.3 is 0 Å². The van der Waals surface area contributed by atoms with Crippen LogP contribution in [0.3, 0.4) is 0 Å². The van der Waals surface area contributed by atoms with Gasteiger partial charge in [-0.1, -0.05) is 43.7 Å². The average molecular weight is 181 g/mol. The maximum absolute atomic E-state index is 8.63. The number of nitrogens with one attached hydrogen (secondary N) is 1. The van der Waals surface area contributed by atoms with E-state index in [0.29, 0.717) is 0 Å². The second-order valence-corrected chi connectivity index (χ2v) is 2.76. The first-order valence-corrected chi connectivity index (χ1v) is 4.70. The van der Waals surface area contributed by atoms with Gasteiger partial charge in [-0.05, 0) is 19.4 Å². The molecule has 0 amide bonds. The van der Waals surface area contributed by atoms with E-state index in [1.54, 1.807) is 0 Å². The van der Waals surface area contributed by atoms with Gasteiger partial charge in [0.15, 0.2) is 0 Å². The molecule has 1 aromatic rings. The molecule has 0 aliphatic carbocycles. The summed E-state index contributed by atoms with van der Waals surface area (Å²) >= 11 is 0. The lowest BCUT2D eigenvalue weighted by Crippen LogP contribution is -2.12. The van der Waals surface area contributed by atoms with Crippen molar-refractivity contribution in [3.8, 4) is 0 Å². The average Bonchev–Trinajstić information content (AvgIpc) is 2.20. The van der Waals surface area contributed by atoms with Gasteiger partial charge in [0.05, 0.1) is 6.04 Å². The lowest BCUT2D eigenvalue weighted by atomic mass is 10.1. The minimum atomic E-state index is 0.00917. The highest BCUT2D eigenvalue weighted by Gasteiger charge is 2.01. The molecule has 0 spiro atoms. The summed E-state index contributed by atoms with van der Waals surface area (Å²) in [6.45, 7) is 7.95. The minimum absolute atomic E-state index is 0.00917. The van der Waals surface area contributed by atoms with Gasteiger partial charge in [0.1, 0.15) is 0 Å². The second-order valence-electron chi connectivity index (χ2n) is 2.76. The Kier molecular flexibility index (Phi) is 6.20. The fourth-order valence-corrected chi connectivity index (χ4v) is 1.01. The van der Waals surface area contributed by atoms with E-state index in [0.717, 1.165) is 5.56 Å². The van der Waals surface area contributed by atoms with Crippen LogP contribution in [0.15, 0.2) is 24.3 Å². The maximum atomic E-state index is 8.63. The monoisotopic (exact) mass is 181 g/mol. The Morgan fingerprint density at radius 1 is 1.31 bits per heavy atom. The summed E-state index contributed by atoms with van der Waals surface area (Å²) in [4.78, 5) is 0. The molecule has 1 unspecified atom stereocenters. The smallest absolute Gasteiger partial charge is 0.0540 e. The highest BCUT2D eigenvalue weighted by atomic mass is 16.5. The van der Waals surface area contributed by atoms with Crippen molar-refractivity contribution in [2.75, 3.05) is 0 Å². The molecular weight excluding hydrogens is 162 g/mol. The Morgan fingerprint density at radius 2 is 1.92 bits per heavy atom. The molecule has 1 aromatic carbocycles. The number of aryl methyl sites for hydroxylation is 1. The van der Waals surface area contributed by atoms with E-state index >= 15 is 0 Å². The van der Waals surface area contributed by atoms with Crippen LogP contribution in [0.5, 0.6) is 0 Å². The highest BCUT2D eigenvalue weighted by molar-refractivity contribution is 5.24. The molecule has 0 radical (unpaired) electrons. The topological polar surface area (TPSA) is 32.3 Å². The minimum Gasteiger partial charge on any atom is -0.316 e. The summed E-state index contributed by atoms with van der Waals surface area (Å²) in [6.07, 6.45) is 0. The van der Waals surface area contributed by atoms with Gasteiger partial charge in [0.25, 0.3) is 0 Å². The molecule has 13 heavy (non-hydrogen) atoms. The molecule has 1 atom stereocenters. The van der Waals surface area contributed by atoms with E-state index in [-0.39, 0.29) is 6.04 Å².